The highest BCUT2D eigenvalue weighted by Crippen LogP contribution is 2.42. The van der Waals surface area contributed by atoms with Crippen molar-refractivity contribution >= 4 is 15.7 Å². The van der Waals surface area contributed by atoms with E-state index in [2.05, 4.69) is 0 Å². The van der Waals surface area contributed by atoms with Gasteiger partial charge in [0.15, 0.2) is 9.84 Å². The number of nitrogens with two attached hydrogens (primary N) is 1. The quantitative estimate of drug-likeness (QED) is 0.845. The van der Waals surface area contributed by atoms with E-state index in [1.54, 1.807) is 18.9 Å². The van der Waals surface area contributed by atoms with E-state index in [0.29, 0.717) is 11.8 Å². The molecule has 2 bridgehead atoms. The van der Waals surface area contributed by atoms with Crippen LogP contribution in [0.5, 0.6) is 0 Å². The fourth-order valence-corrected chi connectivity index (χ4v) is 5.05. The van der Waals surface area contributed by atoms with Gasteiger partial charge in [-0.15, -0.1) is 0 Å². The minimum atomic E-state index is -3.15. The molecule has 5 nitrogen and oxygen atoms in total. The highest BCUT2D eigenvalue weighted by molar-refractivity contribution is 7.91. The van der Waals surface area contributed by atoms with Gasteiger partial charge in [0.25, 0.3) is 0 Å². The molecule has 0 saturated heterocycles. The topological polar surface area (TPSA) is 80.5 Å². The zero-order valence-corrected chi connectivity index (χ0v) is 15.0. The number of carbonyl (C=O) groups excluding carboxylic acids is 1. The van der Waals surface area contributed by atoms with E-state index < -0.39 is 15.1 Å². The monoisotopic (exact) mass is 330 g/mol. The van der Waals surface area contributed by atoms with Crippen molar-refractivity contribution in [3.63, 3.8) is 0 Å². The lowest BCUT2D eigenvalue weighted by molar-refractivity contribution is -0.139. The Morgan fingerprint density at radius 1 is 1.18 bits per heavy atom. The van der Waals surface area contributed by atoms with Crippen LogP contribution in [0, 0.1) is 17.8 Å². The molecule has 0 spiro atoms. The summed E-state index contributed by atoms with van der Waals surface area (Å²) in [4.78, 5) is 14.4. The van der Waals surface area contributed by atoms with Crippen LogP contribution in [0.3, 0.4) is 0 Å². The molecule has 2 fully saturated rings. The summed E-state index contributed by atoms with van der Waals surface area (Å²) in [5, 5.41) is -0.549. The van der Waals surface area contributed by atoms with Gasteiger partial charge in [-0.05, 0) is 51.4 Å². The first kappa shape index (κ1) is 17.7. The Morgan fingerprint density at radius 3 is 2.14 bits per heavy atom. The largest absolute Gasteiger partial charge is 0.342 e. The van der Waals surface area contributed by atoms with Crippen molar-refractivity contribution in [3.8, 4) is 0 Å². The van der Waals surface area contributed by atoms with Gasteiger partial charge in [0.2, 0.25) is 5.91 Å². The fourth-order valence-electron chi connectivity index (χ4n) is 4.15. The van der Waals surface area contributed by atoms with Crippen LogP contribution >= 0.6 is 0 Å². The van der Waals surface area contributed by atoms with E-state index in [4.69, 9.17) is 5.73 Å². The van der Waals surface area contributed by atoms with Gasteiger partial charge in [0.05, 0.1) is 5.25 Å². The van der Waals surface area contributed by atoms with Gasteiger partial charge < -0.3 is 10.6 Å². The standard InChI is InChI=1S/C16H30N2O3S/c1-10(11(2)22(4,20)21)18(3)16(19)14-8-12-6-5-7-13(9-14)15(12)17/h10-15H,5-9,17H2,1-4H3. The molecule has 1 amide bonds. The summed E-state index contributed by atoms with van der Waals surface area (Å²) in [5.74, 6) is 1.01. The highest BCUT2D eigenvalue weighted by Gasteiger charge is 2.42. The first-order valence-electron chi connectivity index (χ1n) is 8.34. The maximum atomic E-state index is 12.8. The third-order valence-electron chi connectivity index (χ3n) is 6.08. The lowest BCUT2D eigenvalue weighted by atomic mass is 9.65. The van der Waals surface area contributed by atoms with Crippen molar-refractivity contribution in [1.29, 1.82) is 0 Å². The first-order valence-corrected chi connectivity index (χ1v) is 10.3. The zero-order valence-electron chi connectivity index (χ0n) is 14.2. The van der Waals surface area contributed by atoms with E-state index in [1.165, 1.54) is 12.7 Å². The second kappa shape index (κ2) is 6.48. The SMILES string of the molecule is CC(C(C)S(C)(=O)=O)N(C)C(=O)C1CC2CCCC(C1)C2N. The van der Waals surface area contributed by atoms with Gasteiger partial charge >= 0.3 is 0 Å². The van der Waals surface area contributed by atoms with Crippen LogP contribution in [0.15, 0.2) is 0 Å². The van der Waals surface area contributed by atoms with Crippen LogP contribution in [0.4, 0.5) is 0 Å². The summed E-state index contributed by atoms with van der Waals surface area (Å²) in [5.41, 5.74) is 6.28. The van der Waals surface area contributed by atoms with Gasteiger partial charge in [-0.3, -0.25) is 4.79 Å². The fraction of sp³-hybridized carbons (Fsp3) is 0.938. The summed E-state index contributed by atoms with van der Waals surface area (Å²) in [7, 11) is -1.41. The molecule has 0 radical (unpaired) electrons. The molecule has 0 aromatic carbocycles. The number of hydrogen-bond acceptors (Lipinski definition) is 4. The first-order chi connectivity index (χ1) is 10.1. The van der Waals surface area contributed by atoms with Gasteiger partial charge in [0.1, 0.15) is 0 Å². The van der Waals surface area contributed by atoms with Gasteiger partial charge in [0, 0.05) is 31.3 Å². The summed E-state index contributed by atoms with van der Waals surface area (Å²) >= 11 is 0. The van der Waals surface area contributed by atoms with Crippen LogP contribution in [0.1, 0.15) is 46.0 Å². The number of amides is 1. The lowest BCUT2D eigenvalue weighted by Gasteiger charge is -2.45. The number of carbonyl (C=O) groups is 1. The molecule has 128 valence electrons. The molecule has 2 saturated carbocycles. The third-order valence-corrected chi connectivity index (χ3v) is 7.82. The molecule has 0 aliphatic heterocycles. The van der Waals surface area contributed by atoms with Gasteiger partial charge in [-0.2, -0.15) is 0 Å². The second-order valence-corrected chi connectivity index (χ2v) is 9.82. The Morgan fingerprint density at radius 2 is 1.68 bits per heavy atom. The number of fused-ring (bicyclic) bond motifs is 2. The normalized spacial score (nSPS) is 34.8. The van der Waals surface area contributed by atoms with Crippen LogP contribution in [0.25, 0.3) is 0 Å². The van der Waals surface area contributed by atoms with Crippen LogP contribution in [-0.4, -0.2) is 49.9 Å². The molecule has 2 aliphatic carbocycles. The summed E-state index contributed by atoms with van der Waals surface area (Å²) in [6.07, 6.45) is 6.43. The molecular formula is C16H30N2O3S. The third kappa shape index (κ3) is 3.48. The van der Waals surface area contributed by atoms with E-state index in [-0.39, 0.29) is 23.9 Å². The minimum absolute atomic E-state index is 0.00862. The number of rotatable bonds is 4. The van der Waals surface area contributed by atoms with Crippen molar-refractivity contribution in [1.82, 2.24) is 4.90 Å². The van der Waals surface area contributed by atoms with Crippen molar-refractivity contribution in [3.05, 3.63) is 0 Å². The predicted octanol–water partition coefficient (Wildman–Crippen LogP) is 1.42. The lowest BCUT2D eigenvalue weighted by Crippen LogP contribution is -2.52. The predicted molar refractivity (Wildman–Crippen MR) is 88.1 cm³/mol. The van der Waals surface area contributed by atoms with E-state index in [0.717, 1.165) is 25.7 Å². The van der Waals surface area contributed by atoms with Gasteiger partial charge in [-0.25, -0.2) is 8.42 Å². The number of nitrogens with zero attached hydrogens (tertiary/aromatic N) is 1. The molecule has 6 heteroatoms. The molecule has 4 atom stereocenters. The second-order valence-electron chi connectivity index (χ2n) is 7.42. The number of sulfone groups is 1. The van der Waals surface area contributed by atoms with Crippen molar-refractivity contribution in [2.24, 2.45) is 23.5 Å². The smallest absolute Gasteiger partial charge is 0.225 e. The molecule has 0 aromatic heterocycles. The average molecular weight is 330 g/mol. The molecule has 0 aromatic rings. The Hall–Kier alpha value is -0.620. The Kier molecular flexibility index (Phi) is 5.22. The molecular weight excluding hydrogens is 300 g/mol. The highest BCUT2D eigenvalue weighted by atomic mass is 32.2. The van der Waals surface area contributed by atoms with E-state index in [1.807, 2.05) is 6.92 Å². The van der Waals surface area contributed by atoms with E-state index >= 15 is 0 Å². The van der Waals surface area contributed by atoms with Crippen LogP contribution in [0.2, 0.25) is 0 Å². The summed E-state index contributed by atoms with van der Waals surface area (Å²) in [6, 6.07) is -0.0617. The Balaban J connectivity index is 2.05. The van der Waals surface area contributed by atoms with Gasteiger partial charge in [-0.1, -0.05) is 6.42 Å². The number of hydrogen-bond donors (Lipinski definition) is 1. The summed E-state index contributed by atoms with van der Waals surface area (Å²) in [6.45, 7) is 3.49. The maximum absolute atomic E-state index is 12.8. The van der Waals surface area contributed by atoms with Crippen molar-refractivity contribution in [2.75, 3.05) is 13.3 Å². The Bertz CT molecular complexity index is 505. The zero-order chi connectivity index (χ0) is 16.7. The van der Waals surface area contributed by atoms with E-state index in [9.17, 15) is 13.2 Å². The molecule has 4 unspecified atom stereocenters. The molecule has 2 N–H and O–H groups in total. The summed E-state index contributed by atoms with van der Waals surface area (Å²) < 4.78 is 23.4. The van der Waals surface area contributed by atoms with Crippen molar-refractivity contribution < 1.29 is 13.2 Å². The van der Waals surface area contributed by atoms with Crippen molar-refractivity contribution in [2.45, 2.75) is 63.3 Å². The van der Waals surface area contributed by atoms with Crippen LogP contribution in [-0.2, 0) is 14.6 Å². The Labute approximate surface area is 134 Å². The average Bonchev–Trinajstić information content (AvgIpc) is 2.42. The molecule has 2 aliphatic rings. The molecule has 0 heterocycles. The minimum Gasteiger partial charge on any atom is -0.342 e. The maximum Gasteiger partial charge on any atom is 0.225 e. The molecule has 22 heavy (non-hydrogen) atoms. The van der Waals surface area contributed by atoms with Crippen LogP contribution < -0.4 is 5.73 Å². The molecule has 2 rings (SSSR count).